The van der Waals surface area contributed by atoms with E-state index in [-0.39, 0.29) is 51.5 Å². The summed E-state index contributed by atoms with van der Waals surface area (Å²) in [5.41, 5.74) is 2.63. The van der Waals surface area contributed by atoms with Gasteiger partial charge in [-0.3, -0.25) is 9.59 Å². The van der Waals surface area contributed by atoms with E-state index in [1.807, 2.05) is 12.1 Å². The maximum absolute atomic E-state index is 14.6. The van der Waals surface area contributed by atoms with Crippen molar-refractivity contribution in [2.45, 2.75) is 149 Å². The van der Waals surface area contributed by atoms with Crippen LogP contribution in [-0.2, 0) is 14.3 Å². The number of carbonyl (C=O) groups is 2. The molecule has 6 fully saturated rings. The van der Waals surface area contributed by atoms with Crippen LogP contribution in [0.15, 0.2) is 35.4 Å². The predicted octanol–water partition coefficient (Wildman–Crippen LogP) is 8.71. The molecule has 5 nitrogen and oxygen atoms in total. The van der Waals surface area contributed by atoms with E-state index in [9.17, 15) is 19.8 Å². The van der Waals surface area contributed by atoms with Crippen molar-refractivity contribution in [3.05, 3.63) is 41.0 Å². The third-order valence-electron chi connectivity index (χ3n) is 16.4. The van der Waals surface area contributed by atoms with Crippen LogP contribution in [0.4, 0.5) is 0 Å². The molecule has 1 aromatic carbocycles. The van der Waals surface area contributed by atoms with Gasteiger partial charge in [0.2, 0.25) is 0 Å². The van der Waals surface area contributed by atoms with Crippen molar-refractivity contribution < 1.29 is 24.5 Å². The smallest absolute Gasteiger partial charge is 0.163 e. The fraction of sp³-hybridized carbons (Fsp3) is 0.762. The summed E-state index contributed by atoms with van der Waals surface area (Å²) < 4.78 is 6.25. The molecule has 47 heavy (non-hydrogen) atoms. The molecule has 8 rings (SSSR count). The number of ether oxygens (including phenoxy) is 1. The van der Waals surface area contributed by atoms with Gasteiger partial charge in [-0.1, -0.05) is 71.6 Å². The second-order valence-corrected chi connectivity index (χ2v) is 18.6. The number of aromatic hydroxyl groups is 1. The van der Waals surface area contributed by atoms with Crippen molar-refractivity contribution in [1.82, 2.24) is 0 Å². The fourth-order valence-electron chi connectivity index (χ4n) is 14.3. The lowest BCUT2D eigenvalue weighted by molar-refractivity contribution is -0.206. The number of ketones is 2. The molecule has 1 aromatic rings. The van der Waals surface area contributed by atoms with Crippen molar-refractivity contribution in [2.75, 3.05) is 0 Å². The molecule has 0 radical (unpaired) electrons. The van der Waals surface area contributed by atoms with E-state index in [4.69, 9.17) is 4.74 Å². The standard InChI is InChI=1S/C42H58O5/c1-24(21-31(44)37-41(6,47-37)26-12-7-8-13-26)34-29-16-17-33-39(4)23-28(25-11-9-14-27(43)22-25)36(46)38(2,3)32(39)18-20-42(33)19-10-15-30(35(34)45)40(29,42)5/h9,11,14,22,24,26,28,30-33,37,43-44H,7-8,10,12-13,15-21,23H2,1-6H3/t24-,28+,30+,31-,32+,33-,37-,39-,40-,41-,42+/m1/s1. The summed E-state index contributed by atoms with van der Waals surface area (Å²) >= 11 is 0. The minimum Gasteiger partial charge on any atom is -0.508 e. The summed E-state index contributed by atoms with van der Waals surface area (Å²) in [6.45, 7) is 13.8. The van der Waals surface area contributed by atoms with Crippen LogP contribution in [0.3, 0.4) is 0 Å². The Labute approximate surface area is 282 Å². The topological polar surface area (TPSA) is 87.1 Å². The lowest BCUT2D eigenvalue weighted by Crippen LogP contribution is -2.66. The van der Waals surface area contributed by atoms with Crippen LogP contribution < -0.4 is 0 Å². The lowest BCUT2D eigenvalue weighted by Gasteiger charge is -2.71. The van der Waals surface area contributed by atoms with Gasteiger partial charge in [-0.2, -0.15) is 0 Å². The normalized spacial score (nSPS) is 45.3. The lowest BCUT2D eigenvalue weighted by atomic mass is 9.32. The van der Waals surface area contributed by atoms with Gasteiger partial charge < -0.3 is 14.9 Å². The second kappa shape index (κ2) is 10.5. The second-order valence-electron chi connectivity index (χ2n) is 18.6. The first-order valence-electron chi connectivity index (χ1n) is 19.2. The Kier molecular flexibility index (Phi) is 7.21. The highest BCUT2D eigenvalue weighted by atomic mass is 16.6. The van der Waals surface area contributed by atoms with E-state index >= 15 is 0 Å². The summed E-state index contributed by atoms with van der Waals surface area (Å²) in [7, 11) is 0. The summed E-state index contributed by atoms with van der Waals surface area (Å²) in [5.74, 6) is 2.05. The van der Waals surface area contributed by atoms with Crippen molar-refractivity contribution >= 4 is 11.6 Å². The number of phenolic OH excluding ortho intramolecular Hbond substituents is 1. The molecular formula is C42H58O5. The molecule has 1 spiro atoms. The molecule has 11 atom stereocenters. The average molecular weight is 643 g/mol. The number of rotatable bonds is 6. The summed E-state index contributed by atoms with van der Waals surface area (Å²) in [5, 5.41) is 21.9. The maximum atomic E-state index is 14.6. The Morgan fingerprint density at radius 3 is 2.40 bits per heavy atom. The first-order valence-corrected chi connectivity index (χ1v) is 19.2. The number of carbonyl (C=O) groups excluding carboxylic acids is 2. The van der Waals surface area contributed by atoms with Crippen molar-refractivity contribution in [3.8, 4) is 5.75 Å². The van der Waals surface area contributed by atoms with Crippen molar-refractivity contribution in [2.24, 2.45) is 51.2 Å². The number of allylic oxidation sites excluding steroid dienone is 2. The number of hydrogen-bond acceptors (Lipinski definition) is 5. The molecule has 1 aliphatic heterocycles. The third-order valence-corrected chi connectivity index (χ3v) is 16.4. The van der Waals surface area contributed by atoms with Gasteiger partial charge in [-0.15, -0.1) is 0 Å². The highest BCUT2D eigenvalue weighted by Gasteiger charge is 2.73. The highest BCUT2D eigenvalue weighted by Crippen LogP contribution is 2.78. The van der Waals surface area contributed by atoms with Gasteiger partial charge in [0.1, 0.15) is 17.6 Å². The molecule has 5 saturated carbocycles. The van der Waals surface area contributed by atoms with Gasteiger partial charge in [0.15, 0.2) is 5.78 Å². The Hall–Kier alpha value is -1.98. The quantitative estimate of drug-likeness (QED) is 0.303. The van der Waals surface area contributed by atoms with Crippen LogP contribution in [-0.4, -0.2) is 39.6 Å². The number of epoxide rings is 1. The molecule has 1 saturated heterocycles. The number of hydrogen-bond donors (Lipinski definition) is 2. The van der Waals surface area contributed by atoms with Gasteiger partial charge in [-0.25, -0.2) is 0 Å². The van der Waals surface area contributed by atoms with Crippen LogP contribution >= 0.6 is 0 Å². The molecule has 5 heteroatoms. The van der Waals surface area contributed by atoms with Gasteiger partial charge in [0.05, 0.1) is 11.7 Å². The van der Waals surface area contributed by atoms with Crippen LogP contribution in [0, 0.1) is 51.2 Å². The van der Waals surface area contributed by atoms with E-state index in [0.717, 1.165) is 62.5 Å². The summed E-state index contributed by atoms with van der Waals surface area (Å²) in [4.78, 5) is 28.9. The fourth-order valence-corrected chi connectivity index (χ4v) is 14.3. The Morgan fingerprint density at radius 2 is 1.68 bits per heavy atom. The SMILES string of the molecule is C[C@H](C[C@@H](O)[C@H]1O[C@]1(C)C1CCCC1)C1=C2CC[C@@H]3[C@]4(C)C[C@@H](c5cccc(O)c5)C(=O)C(C)(C)[C@@H]4CC[C@@]34CCC[C@@H](C1=O)[C@@]24C. The zero-order valence-corrected chi connectivity index (χ0v) is 29.7. The van der Waals surface area contributed by atoms with E-state index in [2.05, 4.69) is 41.5 Å². The van der Waals surface area contributed by atoms with E-state index in [1.165, 1.54) is 31.3 Å². The van der Waals surface area contributed by atoms with Gasteiger partial charge in [-0.05, 0) is 129 Å². The molecule has 0 unspecified atom stereocenters. The molecule has 6 aliphatic carbocycles. The zero-order valence-electron chi connectivity index (χ0n) is 29.7. The number of fused-ring (bicyclic) bond motifs is 2. The van der Waals surface area contributed by atoms with Crippen LogP contribution in [0.25, 0.3) is 0 Å². The molecule has 2 N–H and O–H groups in total. The molecule has 0 amide bonds. The Bertz CT molecular complexity index is 1520. The van der Waals surface area contributed by atoms with E-state index in [1.54, 1.807) is 12.1 Å². The average Bonchev–Trinajstić information content (AvgIpc) is 3.32. The minimum atomic E-state index is -0.539. The molecule has 256 valence electrons. The van der Waals surface area contributed by atoms with Gasteiger partial charge >= 0.3 is 0 Å². The van der Waals surface area contributed by atoms with E-state index < -0.39 is 11.5 Å². The minimum absolute atomic E-state index is 0.0221. The zero-order chi connectivity index (χ0) is 33.3. The largest absolute Gasteiger partial charge is 0.508 e. The number of phenols is 1. The highest BCUT2D eigenvalue weighted by molar-refractivity contribution is 6.02. The summed E-state index contributed by atoms with van der Waals surface area (Å²) in [6.07, 6.45) is 13.1. The van der Waals surface area contributed by atoms with Crippen LogP contribution in [0.2, 0.25) is 0 Å². The molecule has 0 aromatic heterocycles. The van der Waals surface area contributed by atoms with Crippen LogP contribution in [0.1, 0.15) is 136 Å². The first-order chi connectivity index (χ1) is 22.2. The van der Waals surface area contributed by atoms with Crippen LogP contribution in [0.5, 0.6) is 5.75 Å². The van der Waals surface area contributed by atoms with Crippen molar-refractivity contribution in [1.29, 1.82) is 0 Å². The number of aliphatic hydroxyl groups excluding tert-OH is 1. The third kappa shape index (κ3) is 4.20. The first kappa shape index (κ1) is 32.2. The van der Waals surface area contributed by atoms with Gasteiger partial charge in [0.25, 0.3) is 0 Å². The molecular weight excluding hydrogens is 584 g/mol. The summed E-state index contributed by atoms with van der Waals surface area (Å²) in [6, 6.07) is 7.41. The Balaban J connectivity index is 1.13. The van der Waals surface area contributed by atoms with Crippen molar-refractivity contribution in [3.63, 3.8) is 0 Å². The monoisotopic (exact) mass is 642 g/mol. The Morgan fingerprint density at radius 1 is 0.936 bits per heavy atom. The molecule has 1 heterocycles. The van der Waals surface area contributed by atoms with Gasteiger partial charge in [0, 0.05) is 22.7 Å². The van der Waals surface area contributed by atoms with E-state index in [0.29, 0.717) is 35.7 Å². The molecule has 0 bridgehead atoms. The number of benzene rings is 1. The maximum Gasteiger partial charge on any atom is 0.163 e. The number of Topliss-reactive ketones (excluding diaryl/α,β-unsaturated/α-hetero) is 2. The number of aliphatic hydroxyl groups is 1. The predicted molar refractivity (Wildman–Crippen MR) is 183 cm³/mol. The molecule has 7 aliphatic rings.